The van der Waals surface area contributed by atoms with Gasteiger partial charge in [0.15, 0.2) is 0 Å². The molecular weight excluding hydrogens is 233 g/mol. The molecule has 1 N–H and O–H groups in total. The van der Waals surface area contributed by atoms with Gasteiger partial charge in [0.1, 0.15) is 18.2 Å². The molecule has 0 saturated heterocycles. The van der Waals surface area contributed by atoms with Gasteiger partial charge in [-0.2, -0.15) is 13.2 Å². The number of nitrogens with zero attached hydrogens (tertiary/aromatic N) is 3. The van der Waals surface area contributed by atoms with Crippen molar-refractivity contribution < 1.29 is 13.2 Å². The molecule has 0 spiro atoms. The van der Waals surface area contributed by atoms with E-state index in [-0.39, 0.29) is 11.9 Å². The van der Waals surface area contributed by atoms with Crippen molar-refractivity contribution in [3.05, 3.63) is 12.4 Å². The van der Waals surface area contributed by atoms with Gasteiger partial charge in [0.25, 0.3) is 0 Å². The molecule has 4 nitrogen and oxygen atoms in total. The molecule has 1 rings (SSSR count). The van der Waals surface area contributed by atoms with Gasteiger partial charge in [0.05, 0.1) is 12.4 Å². The van der Waals surface area contributed by atoms with Crippen molar-refractivity contribution in [2.45, 2.75) is 26.1 Å². The van der Waals surface area contributed by atoms with E-state index in [1.54, 1.807) is 20.9 Å². The summed E-state index contributed by atoms with van der Waals surface area (Å²) in [4.78, 5) is 9.06. The van der Waals surface area contributed by atoms with Crippen molar-refractivity contribution in [3.8, 4) is 0 Å². The molecule has 1 heterocycles. The highest BCUT2D eigenvalue weighted by atomic mass is 19.4. The van der Waals surface area contributed by atoms with Gasteiger partial charge in [-0.15, -0.1) is 0 Å². The zero-order valence-electron chi connectivity index (χ0n) is 9.91. The minimum Gasteiger partial charge on any atom is -0.372 e. The lowest BCUT2D eigenvalue weighted by Crippen LogP contribution is -2.39. The Morgan fingerprint density at radius 1 is 1.35 bits per heavy atom. The molecule has 0 amide bonds. The monoisotopic (exact) mass is 248 g/mol. The van der Waals surface area contributed by atoms with E-state index in [0.29, 0.717) is 5.82 Å². The summed E-state index contributed by atoms with van der Waals surface area (Å²) in [6, 6.07) is -0.307. The Balaban J connectivity index is 2.97. The predicted octanol–water partition coefficient (Wildman–Crippen LogP) is 2.30. The summed E-state index contributed by atoms with van der Waals surface area (Å²) in [5, 5.41) is 2.74. The van der Waals surface area contributed by atoms with Gasteiger partial charge in [-0.3, -0.25) is 4.98 Å². The van der Waals surface area contributed by atoms with Crippen LogP contribution in [-0.4, -0.2) is 35.8 Å². The lowest BCUT2D eigenvalue weighted by Gasteiger charge is -2.28. The fourth-order valence-electron chi connectivity index (χ4n) is 1.34. The van der Waals surface area contributed by atoms with Crippen LogP contribution in [0.3, 0.4) is 0 Å². The smallest absolute Gasteiger partial charge is 0.372 e. The number of hydrogen-bond acceptors (Lipinski definition) is 4. The van der Waals surface area contributed by atoms with E-state index in [1.807, 2.05) is 0 Å². The van der Waals surface area contributed by atoms with Crippen molar-refractivity contribution in [1.29, 1.82) is 0 Å². The van der Waals surface area contributed by atoms with Crippen LogP contribution in [0.1, 0.15) is 13.8 Å². The third-order valence-electron chi connectivity index (χ3n) is 2.15. The van der Waals surface area contributed by atoms with E-state index in [0.717, 1.165) is 4.90 Å². The van der Waals surface area contributed by atoms with Gasteiger partial charge in [-0.1, -0.05) is 0 Å². The zero-order chi connectivity index (χ0) is 13.1. The highest BCUT2D eigenvalue weighted by Gasteiger charge is 2.32. The highest BCUT2D eigenvalue weighted by molar-refractivity contribution is 5.44. The maximum Gasteiger partial charge on any atom is 0.405 e. The standard InChI is InChI=1S/C10H15F3N4/c1-7(2)17(6-10(11,12)13)9-5-15-4-8(14-3)16-9/h4-5,7H,6H2,1-3H3,(H,14,16). The Morgan fingerprint density at radius 3 is 2.47 bits per heavy atom. The Morgan fingerprint density at radius 2 is 2.00 bits per heavy atom. The molecule has 0 aromatic carbocycles. The zero-order valence-corrected chi connectivity index (χ0v) is 9.91. The minimum absolute atomic E-state index is 0.212. The number of nitrogens with one attached hydrogen (secondary N) is 1. The molecule has 0 aliphatic carbocycles. The third-order valence-corrected chi connectivity index (χ3v) is 2.15. The van der Waals surface area contributed by atoms with Gasteiger partial charge in [-0.05, 0) is 13.8 Å². The van der Waals surface area contributed by atoms with Crippen molar-refractivity contribution in [3.63, 3.8) is 0 Å². The van der Waals surface area contributed by atoms with Crippen molar-refractivity contribution in [2.24, 2.45) is 0 Å². The molecule has 0 bridgehead atoms. The Labute approximate surface area is 97.9 Å². The van der Waals surface area contributed by atoms with Crippen molar-refractivity contribution in [2.75, 3.05) is 23.8 Å². The second kappa shape index (κ2) is 5.20. The molecular formula is C10H15F3N4. The fraction of sp³-hybridized carbons (Fsp3) is 0.600. The molecule has 0 fully saturated rings. The summed E-state index contributed by atoms with van der Waals surface area (Å²) in [6.45, 7) is 2.32. The lowest BCUT2D eigenvalue weighted by molar-refractivity contribution is -0.120. The van der Waals surface area contributed by atoms with Gasteiger partial charge in [0, 0.05) is 13.1 Å². The van der Waals surface area contributed by atoms with E-state index in [4.69, 9.17) is 0 Å². The van der Waals surface area contributed by atoms with Crippen LogP contribution in [0.2, 0.25) is 0 Å². The minimum atomic E-state index is -4.26. The van der Waals surface area contributed by atoms with Crippen LogP contribution in [0.4, 0.5) is 24.8 Å². The summed E-state index contributed by atoms with van der Waals surface area (Å²) in [5.74, 6) is 0.652. The number of rotatable bonds is 4. The second-order valence-electron chi connectivity index (χ2n) is 3.85. The van der Waals surface area contributed by atoms with Crippen LogP contribution >= 0.6 is 0 Å². The Bertz CT molecular complexity index is 365. The molecule has 96 valence electrons. The van der Waals surface area contributed by atoms with Gasteiger partial charge in [0.2, 0.25) is 0 Å². The number of alkyl halides is 3. The molecule has 1 aromatic rings. The highest BCUT2D eigenvalue weighted by Crippen LogP contribution is 2.22. The summed E-state index contributed by atoms with van der Waals surface area (Å²) in [7, 11) is 1.64. The van der Waals surface area contributed by atoms with Crippen molar-refractivity contribution >= 4 is 11.6 Å². The van der Waals surface area contributed by atoms with Crippen LogP contribution in [0.25, 0.3) is 0 Å². The molecule has 0 radical (unpaired) electrons. The van der Waals surface area contributed by atoms with E-state index in [2.05, 4.69) is 15.3 Å². The first-order valence-corrected chi connectivity index (χ1v) is 5.16. The molecule has 0 atom stereocenters. The summed E-state index contributed by atoms with van der Waals surface area (Å²) < 4.78 is 37.3. The number of anilines is 2. The molecule has 0 saturated carbocycles. The molecule has 0 unspecified atom stereocenters. The summed E-state index contributed by atoms with van der Waals surface area (Å²) >= 11 is 0. The fourth-order valence-corrected chi connectivity index (χ4v) is 1.34. The number of hydrogen-bond donors (Lipinski definition) is 1. The van der Waals surface area contributed by atoms with Crippen LogP contribution in [0.15, 0.2) is 12.4 Å². The predicted molar refractivity (Wildman–Crippen MR) is 60.1 cm³/mol. The van der Waals surface area contributed by atoms with E-state index >= 15 is 0 Å². The number of halogens is 3. The van der Waals surface area contributed by atoms with Crippen LogP contribution in [0.5, 0.6) is 0 Å². The Hall–Kier alpha value is -1.53. The van der Waals surface area contributed by atoms with Crippen LogP contribution in [0, 0.1) is 0 Å². The van der Waals surface area contributed by atoms with Gasteiger partial charge >= 0.3 is 6.18 Å². The summed E-state index contributed by atoms with van der Waals surface area (Å²) in [6.07, 6.45) is -1.48. The van der Waals surface area contributed by atoms with Crippen LogP contribution < -0.4 is 10.2 Å². The molecule has 1 aromatic heterocycles. The molecule has 7 heteroatoms. The Kier molecular flexibility index (Phi) is 4.14. The first-order valence-electron chi connectivity index (χ1n) is 5.16. The van der Waals surface area contributed by atoms with E-state index < -0.39 is 12.7 Å². The topological polar surface area (TPSA) is 41.1 Å². The van der Waals surface area contributed by atoms with Gasteiger partial charge < -0.3 is 10.2 Å². The normalized spacial score (nSPS) is 11.7. The molecule has 0 aliphatic rings. The number of aromatic nitrogens is 2. The van der Waals surface area contributed by atoms with E-state index in [1.165, 1.54) is 12.4 Å². The molecule has 17 heavy (non-hydrogen) atoms. The largest absolute Gasteiger partial charge is 0.405 e. The van der Waals surface area contributed by atoms with Crippen LogP contribution in [-0.2, 0) is 0 Å². The third kappa shape index (κ3) is 4.08. The maximum atomic E-state index is 12.4. The average Bonchev–Trinajstić information content (AvgIpc) is 2.24. The van der Waals surface area contributed by atoms with E-state index in [9.17, 15) is 13.2 Å². The quantitative estimate of drug-likeness (QED) is 0.887. The second-order valence-corrected chi connectivity index (χ2v) is 3.85. The average molecular weight is 248 g/mol. The molecule has 0 aliphatic heterocycles. The first kappa shape index (κ1) is 13.5. The van der Waals surface area contributed by atoms with Gasteiger partial charge in [-0.25, -0.2) is 4.98 Å². The maximum absolute atomic E-state index is 12.4. The first-order chi connectivity index (χ1) is 7.83. The summed E-state index contributed by atoms with van der Waals surface area (Å²) in [5.41, 5.74) is 0. The lowest BCUT2D eigenvalue weighted by atomic mass is 10.3. The SMILES string of the molecule is CNc1cncc(N(CC(F)(F)F)C(C)C)n1. The van der Waals surface area contributed by atoms with Crippen molar-refractivity contribution in [1.82, 2.24) is 9.97 Å².